The summed E-state index contributed by atoms with van der Waals surface area (Å²) in [5.41, 5.74) is 4.39. The van der Waals surface area contributed by atoms with Crippen LogP contribution in [-0.4, -0.2) is 116 Å². The topological polar surface area (TPSA) is 72.6 Å². The molecule has 1 amide bonds. The Kier molecular flexibility index (Phi) is 8.88. The number of fused-ring (bicyclic) bond motifs is 2. The number of benzene rings is 2. The van der Waals surface area contributed by atoms with Crippen LogP contribution in [0.3, 0.4) is 0 Å². The van der Waals surface area contributed by atoms with Crippen molar-refractivity contribution in [1.82, 2.24) is 24.7 Å². The number of rotatable bonds is 9. The van der Waals surface area contributed by atoms with Crippen LogP contribution in [0, 0.1) is 13.5 Å². The minimum Gasteiger partial charge on any atom is -0.462 e. The summed E-state index contributed by atoms with van der Waals surface area (Å²) < 4.78 is 20.1. The molecule has 2 aromatic carbocycles. The number of carbonyl (C=O) groups excluding carboxylic acids is 1. The second kappa shape index (κ2) is 13.0. The van der Waals surface area contributed by atoms with Gasteiger partial charge in [-0.2, -0.15) is 9.97 Å². The van der Waals surface area contributed by atoms with Crippen molar-refractivity contribution in [3.8, 4) is 6.01 Å². The highest BCUT2D eigenvalue weighted by Gasteiger charge is 2.36. The van der Waals surface area contributed by atoms with E-state index in [9.17, 15) is 9.18 Å². The molecule has 1 atom stereocenters. The summed E-state index contributed by atoms with van der Waals surface area (Å²) in [5.74, 6) is -0.977. The van der Waals surface area contributed by atoms with Gasteiger partial charge in [-0.1, -0.05) is 36.9 Å². The number of hydrogen-bond donors (Lipinski definition) is 0. The van der Waals surface area contributed by atoms with Crippen LogP contribution < -0.4 is 14.5 Å². The van der Waals surface area contributed by atoms with Gasteiger partial charge in [0.05, 0.1) is 12.2 Å². The van der Waals surface area contributed by atoms with Gasteiger partial charge in [0.2, 0.25) is 6.54 Å². The number of nitrogens with zero attached hydrogens (tertiary/aromatic N) is 8. The molecular weight excluding hydrogens is 571 g/mol. The minimum absolute atomic E-state index is 0.0725. The maximum atomic E-state index is 13.8. The fourth-order valence-electron chi connectivity index (χ4n) is 6.83. The Morgan fingerprint density at radius 2 is 1.91 bits per heavy atom. The highest BCUT2D eigenvalue weighted by atomic mass is 19.1. The minimum atomic E-state index is -1.00. The summed E-state index contributed by atoms with van der Waals surface area (Å²) in [6.07, 6.45) is 0.735. The molecule has 2 saturated heterocycles. The van der Waals surface area contributed by atoms with Gasteiger partial charge in [-0.15, -0.1) is 0 Å². The second-order valence-corrected chi connectivity index (χ2v) is 12.4. The molecule has 0 saturated carbocycles. The maximum absolute atomic E-state index is 13.8. The largest absolute Gasteiger partial charge is 0.462 e. The molecule has 3 aliphatic rings. The van der Waals surface area contributed by atoms with Crippen molar-refractivity contribution in [3.63, 3.8) is 0 Å². The number of piperazine rings is 1. The highest BCUT2D eigenvalue weighted by Crippen LogP contribution is 2.36. The molecule has 45 heavy (non-hydrogen) atoms. The zero-order valence-corrected chi connectivity index (χ0v) is 26.4. The van der Waals surface area contributed by atoms with E-state index in [1.165, 1.54) is 26.9 Å². The van der Waals surface area contributed by atoms with E-state index in [1.807, 2.05) is 0 Å². The van der Waals surface area contributed by atoms with Crippen LogP contribution in [0.25, 0.3) is 15.6 Å². The zero-order chi connectivity index (χ0) is 31.7. The fourth-order valence-corrected chi connectivity index (χ4v) is 6.83. The molecule has 3 aromatic rings. The Hall–Kier alpha value is -4.27. The number of ether oxygens (including phenoxy) is 1. The third-order valence-electron chi connectivity index (χ3n) is 9.38. The van der Waals surface area contributed by atoms with Gasteiger partial charge in [-0.25, -0.2) is 11.0 Å². The molecule has 236 valence electrons. The standard InChI is InChI=1S/C34H41FN8O2/c1-23-8-6-9-25-10-7-11-30(31(23)25)41-13-12-28-29(22-41)37-34(45-17-16-40(5)27-19-39(4)20-27)38-32(28)42-14-15-43(33(44)24(2)35)26(21-42)18-36-3/h6-11,26-27H,2,12-22H2,1,4-5H3/t26-/m0/s1. The van der Waals surface area contributed by atoms with E-state index in [0.29, 0.717) is 38.3 Å². The van der Waals surface area contributed by atoms with Crippen LogP contribution in [0.1, 0.15) is 16.8 Å². The molecule has 0 aliphatic carbocycles. The van der Waals surface area contributed by atoms with Crippen molar-refractivity contribution in [2.45, 2.75) is 32.0 Å². The summed E-state index contributed by atoms with van der Waals surface area (Å²) in [7, 11) is 4.24. The average molecular weight is 613 g/mol. The zero-order valence-electron chi connectivity index (χ0n) is 26.4. The van der Waals surface area contributed by atoms with Crippen LogP contribution in [-0.2, 0) is 17.8 Å². The summed E-state index contributed by atoms with van der Waals surface area (Å²) in [5, 5.41) is 2.46. The van der Waals surface area contributed by atoms with E-state index in [0.717, 1.165) is 49.7 Å². The van der Waals surface area contributed by atoms with E-state index >= 15 is 0 Å². The molecule has 1 aromatic heterocycles. The molecule has 4 heterocycles. The van der Waals surface area contributed by atoms with Crippen LogP contribution in [0.15, 0.2) is 48.8 Å². The summed E-state index contributed by atoms with van der Waals surface area (Å²) in [6.45, 7) is 18.7. The predicted molar refractivity (Wildman–Crippen MR) is 174 cm³/mol. The maximum Gasteiger partial charge on any atom is 0.318 e. The fraction of sp³-hybridized carbons (Fsp3) is 0.471. The van der Waals surface area contributed by atoms with Gasteiger partial charge in [-0.05, 0) is 44.5 Å². The lowest BCUT2D eigenvalue weighted by Crippen LogP contribution is -2.57. The number of anilines is 2. The third kappa shape index (κ3) is 6.30. The van der Waals surface area contributed by atoms with E-state index in [1.54, 1.807) is 0 Å². The first-order valence-electron chi connectivity index (χ1n) is 15.6. The van der Waals surface area contributed by atoms with Crippen molar-refractivity contribution < 1.29 is 13.9 Å². The molecule has 11 heteroatoms. The van der Waals surface area contributed by atoms with Crippen molar-refractivity contribution >= 4 is 28.2 Å². The number of halogens is 1. The number of amides is 1. The van der Waals surface area contributed by atoms with Gasteiger partial charge in [-0.3, -0.25) is 9.69 Å². The van der Waals surface area contributed by atoms with Gasteiger partial charge in [0.1, 0.15) is 18.5 Å². The Balaban J connectivity index is 1.29. The second-order valence-electron chi connectivity index (χ2n) is 12.4. The first-order valence-corrected chi connectivity index (χ1v) is 15.6. The van der Waals surface area contributed by atoms with E-state index in [-0.39, 0.29) is 13.1 Å². The molecule has 6 rings (SSSR count). The normalized spacial score (nSPS) is 18.9. The summed E-state index contributed by atoms with van der Waals surface area (Å²) in [6, 6.07) is 13.2. The van der Waals surface area contributed by atoms with Crippen LogP contribution in [0.4, 0.5) is 15.9 Å². The molecule has 0 bridgehead atoms. The monoisotopic (exact) mass is 612 g/mol. The van der Waals surface area contributed by atoms with Gasteiger partial charge in [0, 0.05) is 68.5 Å². The molecule has 0 spiro atoms. The van der Waals surface area contributed by atoms with E-state index < -0.39 is 17.8 Å². The third-order valence-corrected chi connectivity index (χ3v) is 9.38. The highest BCUT2D eigenvalue weighted by molar-refractivity contribution is 5.97. The Morgan fingerprint density at radius 1 is 1.13 bits per heavy atom. The lowest BCUT2D eigenvalue weighted by atomic mass is 9.99. The van der Waals surface area contributed by atoms with Gasteiger partial charge in [0.15, 0.2) is 5.83 Å². The van der Waals surface area contributed by atoms with Crippen molar-refractivity contribution in [1.29, 1.82) is 0 Å². The quantitative estimate of drug-likeness (QED) is 0.269. The van der Waals surface area contributed by atoms with Gasteiger partial charge in [0.25, 0.3) is 5.91 Å². The number of likely N-dealkylation sites (tertiary alicyclic amines) is 1. The van der Waals surface area contributed by atoms with Crippen LogP contribution in [0.5, 0.6) is 6.01 Å². The van der Waals surface area contributed by atoms with Crippen molar-refractivity contribution in [2.24, 2.45) is 0 Å². The van der Waals surface area contributed by atoms with E-state index in [4.69, 9.17) is 21.3 Å². The lowest BCUT2D eigenvalue weighted by molar-refractivity contribution is -0.131. The number of carbonyl (C=O) groups is 1. The van der Waals surface area contributed by atoms with Crippen LogP contribution in [0.2, 0.25) is 0 Å². The average Bonchev–Trinajstić information content (AvgIpc) is 3.02. The van der Waals surface area contributed by atoms with Gasteiger partial charge < -0.3 is 29.2 Å². The number of aryl methyl sites for hydroxylation is 1. The Labute approximate surface area is 264 Å². The van der Waals surface area contributed by atoms with Crippen molar-refractivity contribution in [3.05, 3.63) is 77.0 Å². The first kappa shape index (κ1) is 30.7. The Morgan fingerprint density at radius 3 is 2.64 bits per heavy atom. The number of hydrogen-bond acceptors (Lipinski definition) is 8. The molecule has 10 nitrogen and oxygen atoms in total. The SMILES string of the molecule is [C-]#[N+]C[C@H]1CN(c2nc(OCCN(C)C3CN(C)C3)nc3c2CCN(c2cccc4cccc(C)c24)C3)CCN1C(=O)C(=C)F. The molecule has 0 unspecified atom stereocenters. The van der Waals surface area contributed by atoms with Crippen molar-refractivity contribution in [2.75, 3.05) is 82.9 Å². The molecule has 3 aliphatic heterocycles. The lowest BCUT2D eigenvalue weighted by Gasteiger charge is -2.42. The number of likely N-dealkylation sites (N-methyl/N-ethyl adjacent to an activating group) is 2. The summed E-state index contributed by atoms with van der Waals surface area (Å²) in [4.78, 5) is 36.5. The molecule has 0 N–H and O–H groups in total. The predicted octanol–water partition coefficient (Wildman–Crippen LogP) is 3.55. The molecule has 2 fully saturated rings. The first-order chi connectivity index (χ1) is 21.7. The van der Waals surface area contributed by atoms with Crippen LogP contribution >= 0.6 is 0 Å². The molecule has 0 radical (unpaired) electrons. The molecular formula is C34H41FN8O2. The Bertz CT molecular complexity index is 1630. The number of aromatic nitrogens is 2. The smallest absolute Gasteiger partial charge is 0.318 e. The van der Waals surface area contributed by atoms with E-state index in [2.05, 4.69) is 88.4 Å². The summed E-state index contributed by atoms with van der Waals surface area (Å²) >= 11 is 0. The van der Waals surface area contributed by atoms with Gasteiger partial charge >= 0.3 is 6.01 Å².